The summed E-state index contributed by atoms with van der Waals surface area (Å²) in [5, 5.41) is 22.8. The minimum atomic E-state index is -4.74. The summed E-state index contributed by atoms with van der Waals surface area (Å²) in [7, 11) is 0. The summed E-state index contributed by atoms with van der Waals surface area (Å²) in [5.41, 5.74) is 3.83. The number of aliphatic hydroxyl groups excluding tert-OH is 1. The van der Waals surface area contributed by atoms with Gasteiger partial charge in [-0.05, 0) is 44.7 Å². The molecule has 4 rings (SSSR count). The van der Waals surface area contributed by atoms with Crippen LogP contribution < -0.4 is 20.7 Å². The molecule has 1 aromatic heterocycles. The zero-order valence-corrected chi connectivity index (χ0v) is 20.5. The van der Waals surface area contributed by atoms with Crippen LogP contribution >= 0.6 is 0 Å². The smallest absolute Gasteiger partial charge is 0.417 e. The number of hydrogen-bond donors (Lipinski definition) is 4. The molecule has 37 heavy (non-hydrogen) atoms. The van der Waals surface area contributed by atoms with Crippen LogP contribution in [0.4, 0.5) is 24.5 Å². The number of anilines is 2. The maximum Gasteiger partial charge on any atom is 0.417 e. The lowest BCUT2D eigenvalue weighted by atomic mass is 9.81. The van der Waals surface area contributed by atoms with Crippen LogP contribution in [0.3, 0.4) is 0 Å². The third-order valence-corrected chi connectivity index (χ3v) is 7.10. The SMILES string of the molecule is CC1(CO)Cc2cc(NC(=O)C(=CN)c3ncccn3)c(N3CCC(C(C)(O)C(F)(F)F)CC3)cc2O1. The van der Waals surface area contributed by atoms with E-state index in [4.69, 9.17) is 10.5 Å². The highest BCUT2D eigenvalue weighted by Crippen LogP contribution is 2.45. The van der Waals surface area contributed by atoms with Gasteiger partial charge in [0.2, 0.25) is 0 Å². The predicted molar refractivity (Wildman–Crippen MR) is 131 cm³/mol. The molecule has 2 aliphatic heterocycles. The summed E-state index contributed by atoms with van der Waals surface area (Å²) in [6.07, 6.45) is -0.0795. The molecule has 2 aliphatic rings. The molecular weight excluding hydrogens is 491 g/mol. The third kappa shape index (κ3) is 5.21. The van der Waals surface area contributed by atoms with Crippen molar-refractivity contribution in [2.75, 3.05) is 29.9 Å². The average Bonchev–Trinajstić information content (AvgIpc) is 3.20. The van der Waals surface area contributed by atoms with Crippen molar-refractivity contribution in [1.82, 2.24) is 9.97 Å². The Bertz CT molecular complexity index is 1180. The molecule has 200 valence electrons. The number of carbonyl (C=O) groups is 1. The number of aromatic nitrogens is 2. The van der Waals surface area contributed by atoms with Crippen LogP contribution in [-0.2, 0) is 11.2 Å². The minimum absolute atomic E-state index is 0.0448. The molecule has 5 N–H and O–H groups in total. The highest BCUT2D eigenvalue weighted by atomic mass is 19.4. The number of halogens is 3. The summed E-state index contributed by atoms with van der Waals surface area (Å²) in [4.78, 5) is 23.2. The second-order valence-electron chi connectivity index (χ2n) is 9.88. The van der Waals surface area contributed by atoms with Gasteiger partial charge < -0.3 is 30.9 Å². The second-order valence-corrected chi connectivity index (χ2v) is 9.88. The number of nitrogens with zero attached hydrogens (tertiary/aromatic N) is 3. The Morgan fingerprint density at radius 1 is 1.30 bits per heavy atom. The Morgan fingerprint density at radius 2 is 1.95 bits per heavy atom. The van der Waals surface area contributed by atoms with E-state index in [1.54, 1.807) is 25.1 Å². The molecule has 1 saturated heterocycles. The second kappa shape index (κ2) is 9.82. The number of piperidine rings is 1. The molecule has 0 aliphatic carbocycles. The van der Waals surface area contributed by atoms with Crippen LogP contribution in [0, 0.1) is 5.92 Å². The number of nitrogens with two attached hydrogens (primary N) is 1. The van der Waals surface area contributed by atoms with Crippen LogP contribution in [0.2, 0.25) is 0 Å². The maximum atomic E-state index is 13.4. The van der Waals surface area contributed by atoms with E-state index < -0.39 is 29.2 Å². The lowest BCUT2D eigenvalue weighted by Crippen LogP contribution is -2.52. The summed E-state index contributed by atoms with van der Waals surface area (Å²) < 4.78 is 46.1. The van der Waals surface area contributed by atoms with Crippen molar-refractivity contribution in [3.8, 4) is 5.75 Å². The zero-order valence-electron chi connectivity index (χ0n) is 20.5. The number of ether oxygens (including phenoxy) is 1. The first-order chi connectivity index (χ1) is 17.4. The fourth-order valence-electron chi connectivity index (χ4n) is 4.79. The number of nitrogens with one attached hydrogen (secondary N) is 1. The first kappa shape index (κ1) is 26.7. The van der Waals surface area contributed by atoms with E-state index in [-0.39, 0.29) is 43.9 Å². The van der Waals surface area contributed by atoms with Gasteiger partial charge in [0.1, 0.15) is 11.4 Å². The highest BCUT2D eigenvalue weighted by Gasteiger charge is 2.55. The van der Waals surface area contributed by atoms with Crippen molar-refractivity contribution in [2.45, 2.75) is 50.5 Å². The normalized spacial score (nSPS) is 22.2. The van der Waals surface area contributed by atoms with E-state index in [1.807, 2.05) is 4.90 Å². The first-order valence-corrected chi connectivity index (χ1v) is 11.9. The van der Waals surface area contributed by atoms with Gasteiger partial charge in [0.25, 0.3) is 5.91 Å². The Kier molecular flexibility index (Phi) is 7.08. The van der Waals surface area contributed by atoms with Crippen molar-refractivity contribution >= 4 is 22.9 Å². The van der Waals surface area contributed by atoms with Crippen LogP contribution in [0.5, 0.6) is 5.75 Å². The fourth-order valence-corrected chi connectivity index (χ4v) is 4.79. The number of benzene rings is 1. The Hall–Kier alpha value is -3.38. The molecule has 0 bridgehead atoms. The molecule has 0 saturated carbocycles. The van der Waals surface area contributed by atoms with Crippen LogP contribution in [0.25, 0.3) is 5.57 Å². The number of hydrogen-bond acceptors (Lipinski definition) is 8. The van der Waals surface area contributed by atoms with Crippen LogP contribution in [0.1, 0.15) is 38.1 Å². The van der Waals surface area contributed by atoms with Gasteiger partial charge in [-0.2, -0.15) is 13.2 Å². The zero-order chi connectivity index (χ0) is 27.0. The molecule has 1 fully saturated rings. The fraction of sp³-hybridized carbons (Fsp3) is 0.480. The van der Waals surface area contributed by atoms with Gasteiger partial charge >= 0.3 is 6.18 Å². The first-order valence-electron chi connectivity index (χ1n) is 11.9. The number of aliphatic hydroxyl groups is 2. The minimum Gasteiger partial charge on any atom is -0.484 e. The maximum absolute atomic E-state index is 13.4. The molecule has 12 heteroatoms. The molecule has 1 amide bonds. The van der Waals surface area contributed by atoms with Gasteiger partial charge in [-0.1, -0.05) is 0 Å². The van der Waals surface area contributed by atoms with Crippen LogP contribution in [0.15, 0.2) is 36.8 Å². The van der Waals surface area contributed by atoms with Gasteiger partial charge in [-0.25, -0.2) is 9.97 Å². The molecule has 2 unspecified atom stereocenters. The van der Waals surface area contributed by atoms with Gasteiger partial charge in [-0.15, -0.1) is 0 Å². The number of carbonyl (C=O) groups excluding carboxylic acids is 1. The predicted octanol–water partition coefficient (Wildman–Crippen LogP) is 2.63. The number of fused-ring (bicyclic) bond motifs is 1. The highest BCUT2D eigenvalue weighted by molar-refractivity contribution is 6.24. The van der Waals surface area contributed by atoms with E-state index in [1.165, 1.54) is 12.4 Å². The molecule has 9 nitrogen and oxygen atoms in total. The van der Waals surface area contributed by atoms with E-state index in [0.29, 0.717) is 23.5 Å². The lowest BCUT2D eigenvalue weighted by molar-refractivity contribution is -0.273. The van der Waals surface area contributed by atoms with Crippen LogP contribution in [-0.4, -0.2) is 63.2 Å². The van der Waals surface area contributed by atoms with Crippen molar-refractivity contribution in [3.63, 3.8) is 0 Å². The topological polar surface area (TPSA) is 134 Å². The number of amides is 1. The van der Waals surface area contributed by atoms with E-state index in [2.05, 4.69) is 15.3 Å². The van der Waals surface area contributed by atoms with E-state index >= 15 is 0 Å². The Balaban J connectivity index is 1.63. The van der Waals surface area contributed by atoms with Gasteiger partial charge in [0.15, 0.2) is 11.4 Å². The molecule has 0 radical (unpaired) electrons. The van der Waals surface area contributed by atoms with Crippen molar-refractivity contribution < 1.29 is 32.9 Å². The molecule has 3 heterocycles. The molecule has 1 aromatic carbocycles. The summed E-state index contributed by atoms with van der Waals surface area (Å²) in [6, 6.07) is 5.06. The van der Waals surface area contributed by atoms with Crippen molar-refractivity contribution in [1.29, 1.82) is 0 Å². The third-order valence-electron chi connectivity index (χ3n) is 7.10. The largest absolute Gasteiger partial charge is 0.484 e. The lowest BCUT2D eigenvalue weighted by Gasteiger charge is -2.41. The number of alkyl halides is 3. The molecular formula is C25H30F3N5O4. The van der Waals surface area contributed by atoms with E-state index in [0.717, 1.165) is 18.7 Å². The van der Waals surface area contributed by atoms with Crippen molar-refractivity contribution in [3.05, 3.63) is 48.2 Å². The summed E-state index contributed by atoms with van der Waals surface area (Å²) in [5.74, 6) is -0.868. The average molecular weight is 522 g/mol. The van der Waals surface area contributed by atoms with Gasteiger partial charge in [0.05, 0.1) is 23.6 Å². The molecule has 2 atom stereocenters. The van der Waals surface area contributed by atoms with Gasteiger partial charge in [-0.3, -0.25) is 4.79 Å². The van der Waals surface area contributed by atoms with E-state index in [9.17, 15) is 28.2 Å². The Labute approximate surface area is 212 Å². The number of rotatable bonds is 6. The quantitative estimate of drug-likeness (QED) is 0.427. The summed E-state index contributed by atoms with van der Waals surface area (Å²) in [6.45, 7) is 2.79. The molecule has 0 spiro atoms. The Morgan fingerprint density at radius 3 is 2.51 bits per heavy atom. The monoisotopic (exact) mass is 521 g/mol. The molecule has 2 aromatic rings. The van der Waals surface area contributed by atoms with Gasteiger partial charge in [0, 0.05) is 49.7 Å². The van der Waals surface area contributed by atoms with Crippen molar-refractivity contribution in [2.24, 2.45) is 11.7 Å². The summed E-state index contributed by atoms with van der Waals surface area (Å²) >= 11 is 0. The standard InChI is InChI=1S/C25H30F3N5O4/c1-23(14-34)12-15-10-18(32-22(35)17(13-29)21-30-6-3-7-31-21)19(11-20(15)37-23)33-8-4-16(5-9-33)24(2,36)25(26,27)28/h3,6-7,10-11,13,16,34,36H,4-5,8-9,12,14,29H2,1-2H3,(H,32,35).